The highest BCUT2D eigenvalue weighted by molar-refractivity contribution is 5.99. The lowest BCUT2D eigenvalue weighted by Gasteiger charge is -2.30. The summed E-state index contributed by atoms with van der Waals surface area (Å²) in [6.45, 7) is 13.0. The third-order valence-electron chi connectivity index (χ3n) is 3.42. The van der Waals surface area contributed by atoms with E-state index in [1.807, 2.05) is 6.92 Å². The standard InChI is InChI=1S/C16H28N4O/c1-6-18-15-11-17-8-7-14(15)16(21)19-9-10-20(12(2)3)13(4)5/h7-8,11-13,18H,6,9-10H2,1-5H3,(H,19,21). The van der Waals surface area contributed by atoms with Gasteiger partial charge in [0.2, 0.25) is 0 Å². The van der Waals surface area contributed by atoms with E-state index in [0.717, 1.165) is 18.8 Å². The minimum absolute atomic E-state index is 0.0548. The Morgan fingerprint density at radius 3 is 2.52 bits per heavy atom. The molecule has 0 fully saturated rings. The summed E-state index contributed by atoms with van der Waals surface area (Å²) < 4.78 is 0. The molecule has 1 heterocycles. The van der Waals surface area contributed by atoms with Crippen LogP contribution in [0, 0.1) is 0 Å². The van der Waals surface area contributed by atoms with Gasteiger partial charge in [0.15, 0.2) is 0 Å². The molecule has 5 heteroatoms. The Morgan fingerprint density at radius 1 is 1.29 bits per heavy atom. The number of hydrogen-bond donors (Lipinski definition) is 2. The van der Waals surface area contributed by atoms with Crippen LogP contribution in [0.4, 0.5) is 5.69 Å². The van der Waals surface area contributed by atoms with Crippen molar-refractivity contribution in [2.75, 3.05) is 25.0 Å². The van der Waals surface area contributed by atoms with E-state index in [0.29, 0.717) is 24.2 Å². The van der Waals surface area contributed by atoms with Crippen LogP contribution < -0.4 is 10.6 Å². The Kier molecular flexibility index (Phi) is 7.15. The number of carbonyl (C=O) groups is 1. The molecule has 1 aromatic rings. The van der Waals surface area contributed by atoms with Gasteiger partial charge < -0.3 is 10.6 Å². The number of aromatic nitrogens is 1. The van der Waals surface area contributed by atoms with E-state index in [1.54, 1.807) is 18.5 Å². The molecule has 0 aromatic carbocycles. The predicted molar refractivity (Wildman–Crippen MR) is 87.7 cm³/mol. The van der Waals surface area contributed by atoms with Gasteiger partial charge in [-0.2, -0.15) is 0 Å². The summed E-state index contributed by atoms with van der Waals surface area (Å²) in [6.07, 6.45) is 3.33. The van der Waals surface area contributed by atoms with Crippen LogP contribution >= 0.6 is 0 Å². The predicted octanol–water partition coefficient (Wildman–Crippen LogP) is 2.36. The van der Waals surface area contributed by atoms with Crippen LogP contribution in [-0.2, 0) is 0 Å². The van der Waals surface area contributed by atoms with Crippen molar-refractivity contribution in [3.05, 3.63) is 24.0 Å². The first-order chi connectivity index (χ1) is 9.97. The molecule has 2 N–H and O–H groups in total. The second-order valence-electron chi connectivity index (χ2n) is 5.63. The molecule has 5 nitrogen and oxygen atoms in total. The van der Waals surface area contributed by atoms with Crippen molar-refractivity contribution in [3.63, 3.8) is 0 Å². The molecule has 21 heavy (non-hydrogen) atoms. The average Bonchev–Trinajstić information content (AvgIpc) is 2.43. The van der Waals surface area contributed by atoms with Crippen molar-refractivity contribution in [1.29, 1.82) is 0 Å². The number of nitrogens with one attached hydrogen (secondary N) is 2. The highest BCUT2D eigenvalue weighted by Gasteiger charge is 2.14. The van der Waals surface area contributed by atoms with Gasteiger partial charge in [0, 0.05) is 37.9 Å². The topological polar surface area (TPSA) is 57.3 Å². The summed E-state index contributed by atoms with van der Waals surface area (Å²) >= 11 is 0. The maximum Gasteiger partial charge on any atom is 0.253 e. The van der Waals surface area contributed by atoms with Crippen LogP contribution in [-0.4, -0.2) is 47.5 Å². The van der Waals surface area contributed by atoms with Gasteiger partial charge in [-0.1, -0.05) is 0 Å². The first kappa shape index (κ1) is 17.4. The van der Waals surface area contributed by atoms with E-state index < -0.39 is 0 Å². The van der Waals surface area contributed by atoms with Crippen LogP contribution in [0.25, 0.3) is 0 Å². The minimum Gasteiger partial charge on any atom is -0.383 e. The molecule has 118 valence electrons. The van der Waals surface area contributed by atoms with Crippen LogP contribution in [0.5, 0.6) is 0 Å². The fourth-order valence-electron chi connectivity index (χ4n) is 2.43. The van der Waals surface area contributed by atoms with E-state index in [4.69, 9.17) is 0 Å². The molecule has 1 rings (SSSR count). The van der Waals surface area contributed by atoms with E-state index in [1.165, 1.54) is 0 Å². The lowest BCUT2D eigenvalue weighted by molar-refractivity contribution is 0.0940. The average molecular weight is 292 g/mol. The molecule has 0 spiro atoms. The number of pyridine rings is 1. The van der Waals surface area contributed by atoms with E-state index in [2.05, 4.69) is 48.2 Å². The Bertz CT molecular complexity index is 438. The molecule has 1 aromatic heterocycles. The van der Waals surface area contributed by atoms with Crippen molar-refractivity contribution in [3.8, 4) is 0 Å². The summed E-state index contributed by atoms with van der Waals surface area (Å²) in [6, 6.07) is 2.69. The molecule has 0 bridgehead atoms. The van der Waals surface area contributed by atoms with Crippen molar-refractivity contribution < 1.29 is 4.79 Å². The van der Waals surface area contributed by atoms with Crippen LogP contribution in [0.15, 0.2) is 18.5 Å². The molecular formula is C16H28N4O. The molecule has 0 aliphatic carbocycles. The van der Waals surface area contributed by atoms with Gasteiger partial charge in [-0.25, -0.2) is 0 Å². The third-order valence-corrected chi connectivity index (χ3v) is 3.42. The Balaban J connectivity index is 2.58. The zero-order valence-corrected chi connectivity index (χ0v) is 13.8. The van der Waals surface area contributed by atoms with Crippen LogP contribution in [0.1, 0.15) is 45.0 Å². The highest BCUT2D eigenvalue weighted by atomic mass is 16.1. The number of hydrogen-bond acceptors (Lipinski definition) is 4. The Labute approximate surface area is 128 Å². The van der Waals surface area contributed by atoms with E-state index >= 15 is 0 Å². The molecular weight excluding hydrogens is 264 g/mol. The third kappa shape index (κ3) is 5.34. The smallest absolute Gasteiger partial charge is 0.253 e. The van der Waals surface area contributed by atoms with Gasteiger partial charge in [0.1, 0.15) is 0 Å². The first-order valence-electron chi connectivity index (χ1n) is 7.69. The van der Waals surface area contributed by atoms with Gasteiger partial charge >= 0.3 is 0 Å². The van der Waals surface area contributed by atoms with Crippen molar-refractivity contribution in [2.45, 2.75) is 46.7 Å². The summed E-state index contributed by atoms with van der Waals surface area (Å²) in [5.41, 5.74) is 1.43. The first-order valence-corrected chi connectivity index (χ1v) is 7.69. The molecule has 0 aliphatic rings. The molecule has 0 radical (unpaired) electrons. The monoisotopic (exact) mass is 292 g/mol. The van der Waals surface area contributed by atoms with Gasteiger partial charge in [0.25, 0.3) is 5.91 Å². The van der Waals surface area contributed by atoms with E-state index in [-0.39, 0.29) is 5.91 Å². The molecule has 0 aliphatic heterocycles. The van der Waals surface area contributed by atoms with Crippen LogP contribution in [0.3, 0.4) is 0 Å². The minimum atomic E-state index is -0.0548. The second-order valence-corrected chi connectivity index (χ2v) is 5.63. The quantitative estimate of drug-likeness (QED) is 0.772. The van der Waals surface area contributed by atoms with Gasteiger partial charge in [0.05, 0.1) is 17.4 Å². The zero-order valence-electron chi connectivity index (χ0n) is 13.8. The highest BCUT2D eigenvalue weighted by Crippen LogP contribution is 2.12. The number of amides is 1. The summed E-state index contributed by atoms with van der Waals surface area (Å²) in [5.74, 6) is -0.0548. The normalized spacial score (nSPS) is 11.2. The lowest BCUT2D eigenvalue weighted by atomic mass is 10.2. The maximum absolute atomic E-state index is 12.3. The number of rotatable bonds is 8. The lowest BCUT2D eigenvalue weighted by Crippen LogP contribution is -2.42. The fraction of sp³-hybridized carbons (Fsp3) is 0.625. The van der Waals surface area contributed by atoms with Crippen molar-refractivity contribution in [2.24, 2.45) is 0 Å². The SMILES string of the molecule is CCNc1cnccc1C(=O)NCCN(C(C)C)C(C)C. The molecule has 1 amide bonds. The molecule has 0 saturated carbocycles. The maximum atomic E-state index is 12.3. The van der Waals surface area contributed by atoms with Crippen molar-refractivity contribution in [1.82, 2.24) is 15.2 Å². The number of carbonyl (C=O) groups excluding carboxylic acids is 1. The molecule has 0 atom stereocenters. The Hall–Kier alpha value is -1.62. The van der Waals surface area contributed by atoms with Gasteiger partial charge in [-0.15, -0.1) is 0 Å². The summed E-state index contributed by atoms with van der Waals surface area (Å²) in [5, 5.41) is 6.15. The zero-order chi connectivity index (χ0) is 15.8. The second kappa shape index (κ2) is 8.62. The summed E-state index contributed by atoms with van der Waals surface area (Å²) in [4.78, 5) is 18.7. The Morgan fingerprint density at radius 2 is 1.95 bits per heavy atom. The van der Waals surface area contributed by atoms with E-state index in [9.17, 15) is 4.79 Å². The van der Waals surface area contributed by atoms with Crippen LogP contribution in [0.2, 0.25) is 0 Å². The fourth-order valence-corrected chi connectivity index (χ4v) is 2.43. The largest absolute Gasteiger partial charge is 0.383 e. The number of anilines is 1. The van der Waals surface area contributed by atoms with Crippen molar-refractivity contribution >= 4 is 11.6 Å². The molecule has 0 saturated heterocycles. The van der Waals surface area contributed by atoms with Gasteiger partial charge in [-0.3, -0.25) is 14.7 Å². The van der Waals surface area contributed by atoms with Gasteiger partial charge in [-0.05, 0) is 40.7 Å². The molecule has 0 unspecified atom stereocenters. The summed E-state index contributed by atoms with van der Waals surface area (Å²) in [7, 11) is 0. The number of nitrogens with zero attached hydrogens (tertiary/aromatic N) is 2.